The topological polar surface area (TPSA) is 84.0 Å². The van der Waals surface area contributed by atoms with Crippen molar-refractivity contribution in [3.8, 4) is 11.5 Å². The molecular formula is C32H35F5N4O4P2. The van der Waals surface area contributed by atoms with Crippen molar-refractivity contribution in [3.63, 3.8) is 0 Å². The Labute approximate surface area is 273 Å². The number of halogens is 5. The number of hydrogen-bond acceptors (Lipinski definition) is 6. The predicted molar refractivity (Wildman–Crippen MR) is 174 cm³/mol. The molecular weight excluding hydrogens is 661 g/mol. The van der Waals surface area contributed by atoms with Crippen molar-refractivity contribution in [1.29, 1.82) is 0 Å². The molecule has 2 aliphatic rings. The molecule has 2 saturated heterocycles. The number of carbonyl (C=O) groups is 2. The number of nitrogens with one attached hydrogen (secondary N) is 1. The van der Waals surface area contributed by atoms with Crippen LogP contribution in [0.15, 0.2) is 48.5 Å². The Kier molecular flexibility index (Phi) is 10.7. The number of ether oxygens (including phenoxy) is 2. The Morgan fingerprint density at radius 3 is 2.38 bits per heavy atom. The fraction of sp³-hybridized carbons (Fsp3) is 0.406. The molecule has 0 bridgehead atoms. The smallest absolute Gasteiger partial charge is 0.401 e. The molecule has 0 spiro atoms. The molecule has 3 unspecified atom stereocenters. The Morgan fingerprint density at radius 1 is 1.11 bits per heavy atom. The molecule has 1 aromatic heterocycles. The third-order valence-electron chi connectivity index (χ3n) is 8.47. The molecule has 2 aliphatic heterocycles. The van der Waals surface area contributed by atoms with Crippen LogP contribution in [0, 0.1) is 12.7 Å². The van der Waals surface area contributed by atoms with Crippen molar-refractivity contribution >= 4 is 41.4 Å². The first-order chi connectivity index (χ1) is 22.2. The van der Waals surface area contributed by atoms with Gasteiger partial charge in [0.2, 0.25) is 6.10 Å². The summed E-state index contributed by atoms with van der Waals surface area (Å²) in [6.45, 7) is 1.25. The van der Waals surface area contributed by atoms with Gasteiger partial charge in [0.1, 0.15) is 29.2 Å². The first-order valence-corrected chi connectivity index (χ1v) is 16.2. The number of aryl methyl sites for hydroxylation is 1. The molecule has 8 nitrogen and oxygen atoms in total. The lowest BCUT2D eigenvalue weighted by Gasteiger charge is -2.32. The number of piperidine rings is 1. The summed E-state index contributed by atoms with van der Waals surface area (Å²) >= 11 is 0. The highest BCUT2D eigenvalue weighted by atomic mass is 31.0. The number of hydrogen-bond donors (Lipinski definition) is 1. The fourth-order valence-electron chi connectivity index (χ4n) is 6.25. The van der Waals surface area contributed by atoms with E-state index in [1.165, 1.54) is 47.2 Å². The van der Waals surface area contributed by atoms with Crippen molar-refractivity contribution in [2.45, 2.75) is 49.9 Å². The highest BCUT2D eigenvalue weighted by Crippen LogP contribution is 2.37. The van der Waals surface area contributed by atoms with Gasteiger partial charge in [0.05, 0.1) is 13.7 Å². The number of pyridine rings is 1. The monoisotopic (exact) mass is 696 g/mol. The summed E-state index contributed by atoms with van der Waals surface area (Å²) in [5.41, 5.74) is 1.59. The lowest BCUT2D eigenvalue weighted by molar-refractivity contribution is -0.148. The molecule has 3 aromatic rings. The van der Waals surface area contributed by atoms with Gasteiger partial charge >= 0.3 is 6.18 Å². The first-order valence-electron chi connectivity index (χ1n) is 14.9. The highest BCUT2D eigenvalue weighted by Gasteiger charge is 2.45. The second kappa shape index (κ2) is 14.4. The summed E-state index contributed by atoms with van der Waals surface area (Å²) in [7, 11) is 5.81. The highest BCUT2D eigenvalue weighted by molar-refractivity contribution is 7.28. The molecule has 0 saturated carbocycles. The van der Waals surface area contributed by atoms with Crippen molar-refractivity contribution in [1.82, 2.24) is 15.2 Å². The third kappa shape index (κ3) is 8.19. The van der Waals surface area contributed by atoms with E-state index < -0.39 is 48.4 Å². The van der Waals surface area contributed by atoms with Crippen LogP contribution in [-0.2, 0) is 4.79 Å². The standard InChI is InChI=1S/C32H35F5N4O4P2/c1-17-13-21(44-2)14-23(33)26(17)22-15-41(30(43)27(22)39-29(42)19-3-5-20(6-4-19)45-31(34)47)28-25(46)8-7-24(38-28)18-9-11-40(12-10-18)16-32(35,36)37/h3-8,13-14,18,22,27,31H,9-12,15-16,46-47H2,1-2H3,(H,39,42)/t22-,27-,31?/m0/s1. The van der Waals surface area contributed by atoms with Gasteiger partial charge in [-0.25, -0.2) is 9.37 Å². The lowest BCUT2D eigenvalue weighted by Crippen LogP contribution is -2.44. The third-order valence-corrected chi connectivity index (χ3v) is 9.06. The largest absolute Gasteiger partial charge is 0.497 e. The van der Waals surface area contributed by atoms with Gasteiger partial charge in [0.15, 0.2) is 0 Å². The van der Waals surface area contributed by atoms with Crippen LogP contribution < -0.4 is 25.0 Å². The number of carbonyl (C=O) groups excluding carboxylic acids is 2. The van der Waals surface area contributed by atoms with Crippen molar-refractivity contribution in [2.24, 2.45) is 0 Å². The van der Waals surface area contributed by atoms with E-state index in [1.54, 1.807) is 25.1 Å². The molecule has 1 N–H and O–H groups in total. The number of benzene rings is 2. The number of alkyl halides is 4. The number of amides is 2. The number of methoxy groups -OCH3 is 1. The minimum atomic E-state index is -4.27. The molecule has 2 amide bonds. The van der Waals surface area contributed by atoms with Gasteiger partial charge in [-0.15, -0.1) is 9.24 Å². The number of likely N-dealkylation sites (tertiary alicyclic amines) is 1. The lowest BCUT2D eigenvalue weighted by atomic mass is 9.89. The number of aromatic nitrogens is 1. The van der Waals surface area contributed by atoms with Crippen molar-refractivity contribution in [2.75, 3.05) is 38.2 Å². The van der Waals surface area contributed by atoms with Crippen LogP contribution in [0.2, 0.25) is 0 Å². The van der Waals surface area contributed by atoms with Gasteiger partial charge < -0.3 is 14.8 Å². The second-order valence-corrected chi connectivity index (χ2v) is 12.8. The van der Waals surface area contributed by atoms with Crippen LogP contribution >= 0.6 is 18.5 Å². The number of anilines is 1. The van der Waals surface area contributed by atoms with Crippen molar-refractivity contribution < 1.29 is 41.0 Å². The maximum Gasteiger partial charge on any atom is 0.401 e. The van der Waals surface area contributed by atoms with Crippen molar-refractivity contribution in [3.05, 3.63) is 76.7 Å². The van der Waals surface area contributed by atoms with Crippen LogP contribution in [0.3, 0.4) is 0 Å². The summed E-state index contributed by atoms with van der Waals surface area (Å²) < 4.78 is 77.8. The van der Waals surface area contributed by atoms with Gasteiger partial charge in [-0.1, -0.05) is 9.24 Å². The van der Waals surface area contributed by atoms with E-state index in [-0.39, 0.29) is 42.4 Å². The summed E-state index contributed by atoms with van der Waals surface area (Å²) in [6, 6.07) is 11.0. The Morgan fingerprint density at radius 2 is 1.79 bits per heavy atom. The van der Waals surface area contributed by atoms with E-state index in [0.29, 0.717) is 41.0 Å². The van der Waals surface area contributed by atoms with Crippen LogP contribution in [0.5, 0.6) is 11.5 Å². The molecule has 5 atom stereocenters. The molecule has 15 heteroatoms. The minimum Gasteiger partial charge on any atom is -0.497 e. The van der Waals surface area contributed by atoms with E-state index in [0.717, 1.165) is 0 Å². The Hall–Kier alpha value is -3.40. The fourth-order valence-corrected chi connectivity index (χ4v) is 6.73. The number of nitrogens with zero attached hydrogens (tertiary/aromatic N) is 3. The molecule has 0 aliphatic carbocycles. The maximum atomic E-state index is 15.6. The van der Waals surface area contributed by atoms with Crippen LogP contribution in [0.4, 0.5) is 27.8 Å². The molecule has 2 aromatic carbocycles. The van der Waals surface area contributed by atoms with Gasteiger partial charge in [0, 0.05) is 41.0 Å². The Bertz CT molecular complexity index is 1590. The van der Waals surface area contributed by atoms with Crippen LogP contribution in [0.1, 0.15) is 51.9 Å². The summed E-state index contributed by atoms with van der Waals surface area (Å²) in [4.78, 5) is 35.1. The zero-order valence-electron chi connectivity index (χ0n) is 25.7. The number of rotatable bonds is 9. The van der Waals surface area contributed by atoms with E-state index >= 15 is 4.39 Å². The SMILES string of the molecule is COc1cc(C)c([C@@H]2CN(c3nc(C4CCN(CC(F)(F)F)CC4)ccc3P)C(=O)[C@H]2NC(=O)c2ccc(OC(F)P)cc2)c(F)c1. The summed E-state index contributed by atoms with van der Waals surface area (Å²) in [5, 5.41) is 3.37. The maximum absolute atomic E-state index is 15.6. The van der Waals surface area contributed by atoms with Crippen LogP contribution in [-0.4, -0.2) is 73.3 Å². The summed E-state index contributed by atoms with van der Waals surface area (Å²) in [6.07, 6.45) is -4.96. The van der Waals surface area contributed by atoms with Crippen LogP contribution in [0.25, 0.3) is 0 Å². The molecule has 0 radical (unpaired) electrons. The summed E-state index contributed by atoms with van der Waals surface area (Å²) in [5.74, 6) is -1.82. The zero-order valence-corrected chi connectivity index (χ0v) is 28.0. The van der Waals surface area contributed by atoms with Gasteiger partial charge in [-0.2, -0.15) is 17.6 Å². The normalized spacial score (nSPS) is 19.9. The van der Waals surface area contributed by atoms with Gasteiger partial charge in [0.25, 0.3) is 11.8 Å². The Balaban J connectivity index is 1.44. The molecule has 252 valence electrons. The quantitative estimate of drug-likeness (QED) is 0.244. The van der Waals surface area contributed by atoms with Gasteiger partial charge in [-0.05, 0) is 86.4 Å². The predicted octanol–water partition coefficient (Wildman–Crippen LogP) is 5.22. The van der Waals surface area contributed by atoms with E-state index in [1.807, 2.05) is 9.24 Å². The molecule has 2 fully saturated rings. The second-order valence-electron chi connectivity index (χ2n) is 11.7. The average molecular weight is 697 g/mol. The first kappa shape index (κ1) is 34.9. The molecule has 5 rings (SSSR count). The molecule has 3 heterocycles. The minimum absolute atomic E-state index is 0.00537. The van der Waals surface area contributed by atoms with Gasteiger partial charge in [-0.3, -0.25) is 19.4 Å². The average Bonchev–Trinajstić information content (AvgIpc) is 3.31. The van der Waals surface area contributed by atoms with E-state index in [9.17, 15) is 27.2 Å². The van der Waals surface area contributed by atoms with E-state index in [4.69, 9.17) is 14.5 Å². The zero-order chi connectivity index (χ0) is 34.0. The van der Waals surface area contributed by atoms with E-state index in [2.05, 4.69) is 14.6 Å². The molecule has 47 heavy (non-hydrogen) atoms.